The summed E-state index contributed by atoms with van der Waals surface area (Å²) in [5, 5.41) is 11.6. The highest BCUT2D eigenvalue weighted by molar-refractivity contribution is 7.18. The molecule has 0 saturated carbocycles. The van der Waals surface area contributed by atoms with Crippen LogP contribution in [0.2, 0.25) is 5.02 Å². The first-order valence-corrected chi connectivity index (χ1v) is 8.85. The van der Waals surface area contributed by atoms with Gasteiger partial charge in [0.25, 0.3) is 0 Å². The highest BCUT2D eigenvalue weighted by atomic mass is 35.5. The van der Waals surface area contributed by atoms with Gasteiger partial charge in [0, 0.05) is 27.2 Å². The van der Waals surface area contributed by atoms with Crippen molar-refractivity contribution in [2.24, 2.45) is 0 Å². The second kappa shape index (κ2) is 5.99. The van der Waals surface area contributed by atoms with Crippen molar-refractivity contribution in [2.45, 2.75) is 12.8 Å². The van der Waals surface area contributed by atoms with Crippen molar-refractivity contribution >= 4 is 49.8 Å². The van der Waals surface area contributed by atoms with Gasteiger partial charge < -0.3 is 4.98 Å². The number of carbonyl (C=O) groups excluding carboxylic acids is 1. The van der Waals surface area contributed by atoms with Crippen LogP contribution >= 0.6 is 22.9 Å². The zero-order chi connectivity index (χ0) is 17.6. The molecule has 0 spiro atoms. The Morgan fingerprint density at radius 1 is 1.32 bits per heavy atom. The summed E-state index contributed by atoms with van der Waals surface area (Å²) in [4.78, 5) is 20.8. The molecular formula is C19H12ClN3OS. The van der Waals surface area contributed by atoms with E-state index in [4.69, 9.17) is 11.6 Å². The lowest BCUT2D eigenvalue weighted by Gasteiger charge is -2.05. The SMILES string of the molecule is Cc1[nH]c2ccccc2c1C(=O)[C@H](C#N)c1nc2cc(Cl)ccc2s1. The number of aryl methyl sites for hydroxylation is 1. The normalized spacial score (nSPS) is 12.4. The van der Waals surface area contributed by atoms with Crippen LogP contribution in [-0.2, 0) is 0 Å². The molecule has 1 atom stereocenters. The highest BCUT2D eigenvalue weighted by Crippen LogP contribution is 2.33. The first-order valence-electron chi connectivity index (χ1n) is 7.65. The Hall–Kier alpha value is -2.68. The van der Waals surface area contributed by atoms with E-state index in [9.17, 15) is 10.1 Å². The maximum absolute atomic E-state index is 13.1. The number of aromatic nitrogens is 2. The number of hydrogen-bond donors (Lipinski definition) is 1. The van der Waals surface area contributed by atoms with Gasteiger partial charge in [-0.25, -0.2) is 4.98 Å². The summed E-state index contributed by atoms with van der Waals surface area (Å²) in [6, 6.07) is 15.1. The second-order valence-electron chi connectivity index (χ2n) is 5.76. The van der Waals surface area contributed by atoms with Crippen molar-refractivity contribution in [1.29, 1.82) is 5.26 Å². The zero-order valence-electron chi connectivity index (χ0n) is 13.2. The molecular weight excluding hydrogens is 354 g/mol. The fourth-order valence-corrected chi connectivity index (χ4v) is 4.16. The average Bonchev–Trinajstić information content (AvgIpc) is 3.14. The first-order chi connectivity index (χ1) is 12.1. The van der Waals surface area contributed by atoms with E-state index < -0.39 is 5.92 Å². The molecule has 122 valence electrons. The minimum absolute atomic E-state index is 0.234. The van der Waals surface area contributed by atoms with E-state index >= 15 is 0 Å². The van der Waals surface area contributed by atoms with Crippen molar-refractivity contribution in [1.82, 2.24) is 9.97 Å². The van der Waals surface area contributed by atoms with E-state index in [2.05, 4.69) is 16.0 Å². The molecule has 2 heterocycles. The van der Waals surface area contributed by atoms with Gasteiger partial charge >= 0.3 is 0 Å². The number of hydrogen-bond acceptors (Lipinski definition) is 4. The summed E-state index contributed by atoms with van der Waals surface area (Å²) < 4.78 is 0.906. The number of para-hydroxylation sites is 1. The Balaban J connectivity index is 1.83. The number of aromatic amines is 1. The molecule has 0 unspecified atom stereocenters. The standard InChI is InChI=1S/C19H12ClN3OS/c1-10-17(12-4-2-3-5-14(12)22-10)18(24)13(9-21)19-23-15-8-11(20)6-7-16(15)25-19/h2-8,13,22H,1H3/t13-/m0/s1. The molecule has 2 aromatic carbocycles. The topological polar surface area (TPSA) is 69.5 Å². The van der Waals surface area contributed by atoms with Gasteiger partial charge in [-0.15, -0.1) is 11.3 Å². The van der Waals surface area contributed by atoms with E-state index in [-0.39, 0.29) is 5.78 Å². The summed E-state index contributed by atoms with van der Waals surface area (Å²) in [6.45, 7) is 1.85. The molecule has 0 amide bonds. The smallest absolute Gasteiger partial charge is 0.189 e. The Morgan fingerprint density at radius 2 is 2.12 bits per heavy atom. The molecule has 2 aromatic heterocycles. The van der Waals surface area contributed by atoms with Crippen LogP contribution in [0.5, 0.6) is 0 Å². The lowest BCUT2D eigenvalue weighted by Crippen LogP contribution is -2.11. The molecule has 0 radical (unpaired) electrons. The molecule has 0 aliphatic heterocycles. The number of nitrogens with one attached hydrogen (secondary N) is 1. The highest BCUT2D eigenvalue weighted by Gasteiger charge is 2.28. The maximum atomic E-state index is 13.1. The Bertz CT molecular complexity index is 1170. The van der Waals surface area contributed by atoms with Gasteiger partial charge in [-0.05, 0) is 31.2 Å². The number of H-pyrrole nitrogens is 1. The van der Waals surface area contributed by atoms with E-state index in [0.29, 0.717) is 21.1 Å². The minimum atomic E-state index is -0.936. The molecule has 4 rings (SSSR count). The van der Waals surface area contributed by atoms with E-state index in [0.717, 1.165) is 21.3 Å². The molecule has 0 saturated heterocycles. The molecule has 0 fully saturated rings. The van der Waals surface area contributed by atoms with E-state index in [1.54, 1.807) is 12.1 Å². The fraction of sp³-hybridized carbons (Fsp3) is 0.105. The van der Waals surface area contributed by atoms with Crippen molar-refractivity contribution in [3.63, 3.8) is 0 Å². The van der Waals surface area contributed by atoms with Crippen LogP contribution in [0, 0.1) is 18.3 Å². The van der Waals surface area contributed by atoms with Crippen LogP contribution in [0.15, 0.2) is 42.5 Å². The Morgan fingerprint density at radius 3 is 2.92 bits per heavy atom. The van der Waals surface area contributed by atoms with Gasteiger partial charge in [0.2, 0.25) is 0 Å². The number of nitrogens with zero attached hydrogens (tertiary/aromatic N) is 2. The summed E-state index contributed by atoms with van der Waals surface area (Å²) in [6.07, 6.45) is 0. The van der Waals surface area contributed by atoms with Gasteiger partial charge in [0.15, 0.2) is 11.7 Å². The van der Waals surface area contributed by atoms with E-state index in [1.165, 1.54) is 11.3 Å². The van der Waals surface area contributed by atoms with Crippen molar-refractivity contribution < 1.29 is 4.79 Å². The van der Waals surface area contributed by atoms with Crippen LogP contribution in [0.25, 0.3) is 21.1 Å². The lowest BCUT2D eigenvalue weighted by molar-refractivity contribution is 0.0980. The van der Waals surface area contributed by atoms with Crippen molar-refractivity contribution in [3.05, 3.63) is 63.8 Å². The number of thiazole rings is 1. The van der Waals surface area contributed by atoms with Crippen LogP contribution in [-0.4, -0.2) is 15.8 Å². The third-order valence-corrected chi connectivity index (χ3v) is 5.48. The van der Waals surface area contributed by atoms with Crippen LogP contribution < -0.4 is 0 Å². The average molecular weight is 366 g/mol. The molecule has 25 heavy (non-hydrogen) atoms. The van der Waals surface area contributed by atoms with Crippen LogP contribution in [0.3, 0.4) is 0 Å². The van der Waals surface area contributed by atoms with Crippen molar-refractivity contribution in [3.8, 4) is 6.07 Å². The number of benzene rings is 2. The van der Waals surface area contributed by atoms with Gasteiger partial charge in [-0.1, -0.05) is 29.8 Å². The number of ketones is 1. The fourth-order valence-electron chi connectivity index (χ4n) is 3.01. The molecule has 4 aromatic rings. The monoisotopic (exact) mass is 365 g/mol. The molecule has 4 nitrogen and oxygen atoms in total. The lowest BCUT2D eigenvalue weighted by atomic mass is 9.97. The van der Waals surface area contributed by atoms with Crippen LogP contribution in [0.1, 0.15) is 27.0 Å². The largest absolute Gasteiger partial charge is 0.358 e. The van der Waals surface area contributed by atoms with E-state index in [1.807, 2.05) is 37.3 Å². The predicted molar refractivity (Wildman–Crippen MR) is 100 cm³/mol. The molecule has 0 bridgehead atoms. The number of rotatable bonds is 3. The number of Topliss-reactive ketones (excluding diaryl/α,β-unsaturated/α-hetero) is 1. The third-order valence-electron chi connectivity index (χ3n) is 4.14. The summed E-state index contributed by atoms with van der Waals surface area (Å²) >= 11 is 7.35. The predicted octanol–water partition coefficient (Wildman–Crippen LogP) is 5.23. The minimum Gasteiger partial charge on any atom is -0.358 e. The number of halogens is 1. The summed E-state index contributed by atoms with van der Waals surface area (Å²) in [7, 11) is 0. The third kappa shape index (κ3) is 2.60. The van der Waals surface area contributed by atoms with Crippen LogP contribution in [0.4, 0.5) is 0 Å². The Kier molecular flexibility index (Phi) is 3.79. The number of nitriles is 1. The summed E-state index contributed by atoms with van der Waals surface area (Å²) in [5.74, 6) is -1.17. The maximum Gasteiger partial charge on any atom is 0.189 e. The van der Waals surface area contributed by atoms with Gasteiger partial charge in [0.1, 0.15) is 5.01 Å². The van der Waals surface area contributed by atoms with Gasteiger partial charge in [-0.3, -0.25) is 4.79 Å². The molecule has 6 heteroatoms. The van der Waals surface area contributed by atoms with Gasteiger partial charge in [0.05, 0.1) is 16.3 Å². The molecule has 1 N–H and O–H groups in total. The number of carbonyl (C=O) groups is 1. The second-order valence-corrected chi connectivity index (χ2v) is 7.26. The van der Waals surface area contributed by atoms with Crippen molar-refractivity contribution in [2.75, 3.05) is 0 Å². The zero-order valence-corrected chi connectivity index (χ0v) is 14.8. The van der Waals surface area contributed by atoms with Gasteiger partial charge in [-0.2, -0.15) is 5.26 Å². The molecule has 0 aliphatic carbocycles. The Labute approximate surface area is 152 Å². The first kappa shape index (κ1) is 15.8. The summed E-state index contributed by atoms with van der Waals surface area (Å²) in [5.41, 5.74) is 2.90. The number of fused-ring (bicyclic) bond motifs is 2. The molecule has 0 aliphatic rings. The quantitative estimate of drug-likeness (QED) is 0.505.